The topological polar surface area (TPSA) is 38.0 Å². The van der Waals surface area contributed by atoms with Crippen molar-refractivity contribution in [2.45, 2.75) is 25.3 Å². The summed E-state index contributed by atoms with van der Waals surface area (Å²) in [7, 11) is 0. The molecule has 0 bridgehead atoms. The quantitative estimate of drug-likeness (QED) is 0.703. The lowest BCUT2D eigenvalue weighted by Gasteiger charge is -2.11. The number of nitrogens with two attached hydrogens (primary N) is 1. The van der Waals surface area contributed by atoms with E-state index in [2.05, 4.69) is 5.32 Å². The van der Waals surface area contributed by atoms with E-state index >= 15 is 0 Å². The Balaban J connectivity index is 2.10. The first-order valence-corrected chi connectivity index (χ1v) is 5.03. The maximum Gasteiger partial charge on any atom is 0.123 e. The molecule has 2 rings (SSSR count). The summed E-state index contributed by atoms with van der Waals surface area (Å²) in [4.78, 5) is 0. The second-order valence-electron chi connectivity index (χ2n) is 3.84. The molecule has 1 aromatic carbocycles. The third kappa shape index (κ3) is 2.04. The summed E-state index contributed by atoms with van der Waals surface area (Å²) in [6, 6.07) is 5.05. The molecular formula is C11H15FN2. The van der Waals surface area contributed by atoms with Crippen molar-refractivity contribution in [3.63, 3.8) is 0 Å². The lowest BCUT2D eigenvalue weighted by atomic mass is 10.0. The number of hydrogen-bond donors (Lipinski definition) is 2. The van der Waals surface area contributed by atoms with E-state index in [0.717, 1.165) is 24.9 Å². The van der Waals surface area contributed by atoms with Gasteiger partial charge in [0.05, 0.1) is 0 Å². The summed E-state index contributed by atoms with van der Waals surface area (Å²) in [5.74, 6) is -0.202. The Bertz CT molecular complexity index is 319. The van der Waals surface area contributed by atoms with Crippen molar-refractivity contribution >= 4 is 5.69 Å². The van der Waals surface area contributed by atoms with Crippen molar-refractivity contribution < 1.29 is 4.39 Å². The average molecular weight is 194 g/mol. The van der Waals surface area contributed by atoms with Crippen LogP contribution in [0.25, 0.3) is 0 Å². The predicted molar refractivity (Wildman–Crippen MR) is 55.5 cm³/mol. The number of nitrogen functional groups attached to an aromatic ring is 1. The van der Waals surface area contributed by atoms with Gasteiger partial charge in [-0.1, -0.05) is 0 Å². The summed E-state index contributed by atoms with van der Waals surface area (Å²) in [5.41, 5.74) is 7.39. The van der Waals surface area contributed by atoms with E-state index in [-0.39, 0.29) is 5.82 Å². The van der Waals surface area contributed by atoms with Crippen LogP contribution in [0.5, 0.6) is 0 Å². The number of halogens is 1. The van der Waals surface area contributed by atoms with Crippen LogP contribution in [0.2, 0.25) is 0 Å². The van der Waals surface area contributed by atoms with E-state index in [4.69, 9.17) is 5.73 Å². The molecule has 1 atom stereocenters. The zero-order chi connectivity index (χ0) is 9.97. The van der Waals surface area contributed by atoms with Gasteiger partial charge in [0.2, 0.25) is 0 Å². The van der Waals surface area contributed by atoms with Gasteiger partial charge in [0, 0.05) is 11.7 Å². The Labute approximate surface area is 83.3 Å². The van der Waals surface area contributed by atoms with Gasteiger partial charge in [-0.05, 0) is 49.6 Å². The van der Waals surface area contributed by atoms with Crippen molar-refractivity contribution in [1.29, 1.82) is 0 Å². The van der Waals surface area contributed by atoms with Gasteiger partial charge in [-0.2, -0.15) is 0 Å². The fraction of sp³-hybridized carbons (Fsp3) is 0.455. The molecule has 3 heteroatoms. The number of nitrogens with one attached hydrogen (secondary N) is 1. The van der Waals surface area contributed by atoms with E-state index in [1.165, 1.54) is 18.6 Å². The van der Waals surface area contributed by atoms with Gasteiger partial charge < -0.3 is 11.1 Å². The van der Waals surface area contributed by atoms with Gasteiger partial charge in [0.1, 0.15) is 5.82 Å². The van der Waals surface area contributed by atoms with E-state index < -0.39 is 0 Å². The van der Waals surface area contributed by atoms with Crippen molar-refractivity contribution in [1.82, 2.24) is 5.32 Å². The molecule has 1 saturated heterocycles. The molecule has 3 N–H and O–H groups in total. The smallest absolute Gasteiger partial charge is 0.123 e. The first kappa shape index (κ1) is 9.46. The van der Waals surface area contributed by atoms with E-state index in [9.17, 15) is 4.39 Å². The van der Waals surface area contributed by atoms with Crippen LogP contribution in [-0.2, 0) is 6.42 Å². The fourth-order valence-electron chi connectivity index (χ4n) is 1.95. The lowest BCUT2D eigenvalue weighted by molar-refractivity contribution is 0.594. The molecule has 1 aromatic rings. The van der Waals surface area contributed by atoms with Crippen LogP contribution in [0, 0.1) is 5.82 Å². The molecule has 1 aliphatic rings. The van der Waals surface area contributed by atoms with Crippen LogP contribution in [0.1, 0.15) is 18.4 Å². The molecule has 0 radical (unpaired) electrons. The van der Waals surface area contributed by atoms with Crippen molar-refractivity contribution in [3.05, 3.63) is 29.6 Å². The highest BCUT2D eigenvalue weighted by Gasteiger charge is 2.15. The Morgan fingerprint density at radius 3 is 3.07 bits per heavy atom. The average Bonchev–Trinajstić information content (AvgIpc) is 2.64. The number of hydrogen-bond acceptors (Lipinski definition) is 2. The monoisotopic (exact) mass is 194 g/mol. The van der Waals surface area contributed by atoms with Crippen molar-refractivity contribution in [2.75, 3.05) is 12.3 Å². The van der Waals surface area contributed by atoms with Crippen LogP contribution in [0.4, 0.5) is 10.1 Å². The fourth-order valence-corrected chi connectivity index (χ4v) is 1.95. The predicted octanol–water partition coefficient (Wildman–Crippen LogP) is 1.70. The third-order valence-corrected chi connectivity index (χ3v) is 2.73. The highest BCUT2D eigenvalue weighted by molar-refractivity contribution is 5.47. The molecule has 0 aromatic heterocycles. The van der Waals surface area contributed by atoms with Gasteiger partial charge in [-0.15, -0.1) is 0 Å². The molecule has 1 heterocycles. The Hall–Kier alpha value is -1.09. The molecule has 14 heavy (non-hydrogen) atoms. The summed E-state index contributed by atoms with van der Waals surface area (Å²) in [6.07, 6.45) is 3.21. The minimum Gasteiger partial charge on any atom is -0.399 e. The van der Waals surface area contributed by atoms with Gasteiger partial charge in [-0.3, -0.25) is 0 Å². The van der Waals surface area contributed by atoms with Gasteiger partial charge in [-0.25, -0.2) is 4.39 Å². The third-order valence-electron chi connectivity index (χ3n) is 2.73. The molecule has 0 saturated carbocycles. The van der Waals surface area contributed by atoms with Gasteiger partial charge in [0.15, 0.2) is 0 Å². The highest BCUT2D eigenvalue weighted by atomic mass is 19.1. The molecule has 0 spiro atoms. The minimum absolute atomic E-state index is 0.202. The molecule has 1 fully saturated rings. The summed E-state index contributed by atoms with van der Waals surface area (Å²) < 4.78 is 12.9. The summed E-state index contributed by atoms with van der Waals surface area (Å²) in [5, 5.41) is 3.37. The Kier molecular flexibility index (Phi) is 2.68. The minimum atomic E-state index is -0.202. The number of rotatable bonds is 2. The van der Waals surface area contributed by atoms with Crippen molar-refractivity contribution in [3.8, 4) is 0 Å². The van der Waals surface area contributed by atoms with Crippen LogP contribution < -0.4 is 11.1 Å². The van der Waals surface area contributed by atoms with Crippen LogP contribution >= 0.6 is 0 Å². The van der Waals surface area contributed by atoms with Crippen LogP contribution in [0.3, 0.4) is 0 Å². The molecule has 1 unspecified atom stereocenters. The molecule has 2 nitrogen and oxygen atoms in total. The highest BCUT2D eigenvalue weighted by Crippen LogP contribution is 2.18. The largest absolute Gasteiger partial charge is 0.399 e. The maximum atomic E-state index is 12.9. The van der Waals surface area contributed by atoms with Crippen LogP contribution in [-0.4, -0.2) is 12.6 Å². The second-order valence-corrected chi connectivity index (χ2v) is 3.84. The van der Waals surface area contributed by atoms with E-state index in [0.29, 0.717) is 11.7 Å². The lowest BCUT2D eigenvalue weighted by Crippen LogP contribution is -2.24. The molecule has 1 aliphatic heterocycles. The van der Waals surface area contributed by atoms with Gasteiger partial charge >= 0.3 is 0 Å². The summed E-state index contributed by atoms with van der Waals surface area (Å²) in [6.45, 7) is 1.07. The SMILES string of the molecule is Nc1ccc(F)cc1CC1CCCN1. The number of benzene rings is 1. The summed E-state index contributed by atoms with van der Waals surface area (Å²) >= 11 is 0. The zero-order valence-electron chi connectivity index (χ0n) is 8.09. The standard InChI is InChI=1S/C11H15FN2/c12-9-3-4-11(13)8(6-9)7-10-2-1-5-14-10/h3-4,6,10,14H,1-2,5,7,13H2. The molecule has 0 amide bonds. The molecule has 76 valence electrons. The molecule has 0 aliphatic carbocycles. The Morgan fingerprint density at radius 1 is 1.50 bits per heavy atom. The normalized spacial score (nSPS) is 21.4. The Morgan fingerprint density at radius 2 is 2.36 bits per heavy atom. The number of anilines is 1. The van der Waals surface area contributed by atoms with Gasteiger partial charge in [0.25, 0.3) is 0 Å². The zero-order valence-corrected chi connectivity index (χ0v) is 8.09. The van der Waals surface area contributed by atoms with E-state index in [1.54, 1.807) is 6.07 Å². The maximum absolute atomic E-state index is 12.9. The van der Waals surface area contributed by atoms with Crippen molar-refractivity contribution in [2.24, 2.45) is 0 Å². The van der Waals surface area contributed by atoms with E-state index in [1.807, 2.05) is 0 Å². The first-order valence-electron chi connectivity index (χ1n) is 5.03. The first-order chi connectivity index (χ1) is 6.75. The van der Waals surface area contributed by atoms with Crippen LogP contribution in [0.15, 0.2) is 18.2 Å². The molecular weight excluding hydrogens is 179 g/mol. The second kappa shape index (κ2) is 3.96.